The molecule has 0 saturated carbocycles. The van der Waals surface area contributed by atoms with Crippen LogP contribution in [0.2, 0.25) is 0 Å². The van der Waals surface area contributed by atoms with Gasteiger partial charge in [-0.25, -0.2) is 4.90 Å². The van der Waals surface area contributed by atoms with E-state index in [1.807, 2.05) is 0 Å². The van der Waals surface area contributed by atoms with Crippen LogP contribution in [0.25, 0.3) is 0 Å². The Kier molecular flexibility index (Phi) is 5.13. The average molecular weight is 493 g/mol. The van der Waals surface area contributed by atoms with Crippen LogP contribution in [0.3, 0.4) is 0 Å². The summed E-state index contributed by atoms with van der Waals surface area (Å²) in [6.45, 7) is 0. The van der Waals surface area contributed by atoms with Gasteiger partial charge in [-0.1, -0.05) is 41.3 Å². The van der Waals surface area contributed by atoms with Gasteiger partial charge in [-0.15, -0.1) is 0 Å². The molecule has 0 radical (unpaired) electrons. The lowest BCUT2D eigenvalue weighted by Gasteiger charge is -2.29. The fourth-order valence-electron chi connectivity index (χ4n) is 4.26. The van der Waals surface area contributed by atoms with E-state index in [1.54, 1.807) is 24.3 Å². The summed E-state index contributed by atoms with van der Waals surface area (Å²) >= 11 is 2.03. The number of alkyl halides is 3. The molecule has 0 bridgehead atoms. The molecule has 2 amide bonds. The predicted octanol–water partition coefficient (Wildman–Crippen LogP) is 4.26. The zero-order valence-electron chi connectivity index (χ0n) is 16.9. The van der Waals surface area contributed by atoms with Gasteiger partial charge < -0.3 is 9.72 Å². The third-order valence-electron chi connectivity index (χ3n) is 5.73. The highest BCUT2D eigenvalue weighted by Crippen LogP contribution is 2.53. The van der Waals surface area contributed by atoms with E-state index >= 15 is 0 Å². The third-order valence-corrected chi connectivity index (χ3v) is 8.13. The molecule has 1 N–H and O–H groups in total. The van der Waals surface area contributed by atoms with Crippen LogP contribution in [-0.2, 0) is 15.8 Å². The third kappa shape index (κ3) is 3.55. The minimum absolute atomic E-state index is 0.125. The number of amides is 2. The number of hydrogen-bond donors (Lipinski definition) is 1. The van der Waals surface area contributed by atoms with Gasteiger partial charge in [0.1, 0.15) is 11.0 Å². The van der Waals surface area contributed by atoms with Crippen molar-refractivity contribution in [3.63, 3.8) is 0 Å². The second-order valence-corrected chi connectivity index (χ2v) is 9.75. The number of aromatic amines is 1. The Labute approximate surface area is 193 Å². The minimum Gasteiger partial charge on any atom is -0.497 e. The first-order valence-corrected chi connectivity index (χ1v) is 11.5. The number of thioether (sulfide) groups is 1. The molecule has 3 unspecified atom stereocenters. The molecule has 170 valence electrons. The van der Waals surface area contributed by atoms with Crippen LogP contribution < -0.4 is 14.5 Å². The molecule has 1 fully saturated rings. The van der Waals surface area contributed by atoms with Gasteiger partial charge in [0.15, 0.2) is 0 Å². The van der Waals surface area contributed by atoms with Crippen LogP contribution >= 0.6 is 23.1 Å². The number of fused-ring (bicyclic) bond motifs is 2. The molecule has 0 aliphatic carbocycles. The van der Waals surface area contributed by atoms with Crippen molar-refractivity contribution in [2.24, 2.45) is 5.92 Å². The summed E-state index contributed by atoms with van der Waals surface area (Å²) in [5.74, 6) is -2.07. The second kappa shape index (κ2) is 7.77. The molecule has 2 aliphatic heterocycles. The average Bonchev–Trinajstić information content (AvgIpc) is 3.28. The number of thiazole rings is 1. The van der Waals surface area contributed by atoms with Crippen molar-refractivity contribution in [1.29, 1.82) is 0 Å². The van der Waals surface area contributed by atoms with E-state index in [2.05, 4.69) is 4.98 Å². The number of halogens is 3. The van der Waals surface area contributed by atoms with Gasteiger partial charge in [0, 0.05) is 10.8 Å². The molecule has 0 spiro atoms. The molecule has 2 aliphatic rings. The molecule has 3 atom stereocenters. The first-order valence-electron chi connectivity index (χ1n) is 9.77. The van der Waals surface area contributed by atoms with E-state index < -0.39 is 40.6 Å². The molecular formula is C22H15F3N2O4S2. The van der Waals surface area contributed by atoms with E-state index in [0.717, 1.165) is 40.1 Å². The van der Waals surface area contributed by atoms with Gasteiger partial charge in [0.25, 0.3) is 0 Å². The maximum atomic E-state index is 13.5. The molecule has 6 nitrogen and oxygen atoms in total. The summed E-state index contributed by atoms with van der Waals surface area (Å²) in [6, 6.07) is 11.1. The summed E-state index contributed by atoms with van der Waals surface area (Å²) in [7, 11) is 1.52. The summed E-state index contributed by atoms with van der Waals surface area (Å²) in [5, 5.41) is -0.379. The standard InChI is InChI=1S/C22H15F3N2O4S2/c1-31-13-7-5-10(6-8-13)14-15-17(32-18-16(14)33-21(30)26-18)20(29)27(19(15)28)12-4-2-3-11(9-12)22(23,24)25/h2-9,14-15,17H,1H3,(H,26,30). The number of nitrogens with zero attached hydrogens (tertiary/aromatic N) is 1. The number of benzene rings is 2. The number of anilines is 1. The molecular weight excluding hydrogens is 477 g/mol. The van der Waals surface area contributed by atoms with E-state index in [0.29, 0.717) is 21.2 Å². The smallest absolute Gasteiger partial charge is 0.416 e. The van der Waals surface area contributed by atoms with Crippen molar-refractivity contribution in [3.05, 3.63) is 74.2 Å². The normalized spacial score (nSPS) is 22.3. The van der Waals surface area contributed by atoms with Crippen LogP contribution in [0.4, 0.5) is 18.9 Å². The van der Waals surface area contributed by atoms with Crippen LogP contribution in [-0.4, -0.2) is 29.2 Å². The predicted molar refractivity (Wildman–Crippen MR) is 117 cm³/mol. The van der Waals surface area contributed by atoms with Crippen LogP contribution in [0.5, 0.6) is 5.75 Å². The highest BCUT2D eigenvalue weighted by Gasteiger charge is 2.56. The van der Waals surface area contributed by atoms with Crippen molar-refractivity contribution < 1.29 is 27.5 Å². The number of carbonyl (C=O) groups excluding carboxylic acids is 2. The van der Waals surface area contributed by atoms with Gasteiger partial charge in [-0.3, -0.25) is 14.4 Å². The zero-order chi connectivity index (χ0) is 23.5. The van der Waals surface area contributed by atoms with Crippen molar-refractivity contribution in [2.75, 3.05) is 12.0 Å². The summed E-state index contributed by atoms with van der Waals surface area (Å²) in [5.41, 5.74) is -0.368. The molecule has 5 rings (SSSR count). The van der Waals surface area contributed by atoms with Gasteiger partial charge >= 0.3 is 11.0 Å². The molecule has 33 heavy (non-hydrogen) atoms. The fraction of sp³-hybridized carbons (Fsp3) is 0.227. The number of aromatic nitrogens is 1. The first-order chi connectivity index (χ1) is 15.7. The summed E-state index contributed by atoms with van der Waals surface area (Å²) in [4.78, 5) is 42.8. The number of carbonyl (C=O) groups is 2. The highest BCUT2D eigenvalue weighted by atomic mass is 32.2. The maximum absolute atomic E-state index is 13.5. The van der Waals surface area contributed by atoms with Gasteiger partial charge in [-0.05, 0) is 35.9 Å². The Bertz CT molecular complexity index is 1320. The SMILES string of the molecule is COc1ccc(C2c3sc(=O)[nH]c3SC3C(=O)N(c4cccc(C(F)(F)F)c4)C(=O)C32)cc1. The van der Waals surface area contributed by atoms with Gasteiger partial charge in [-0.2, -0.15) is 13.2 Å². The van der Waals surface area contributed by atoms with E-state index in [1.165, 1.54) is 19.2 Å². The van der Waals surface area contributed by atoms with E-state index in [4.69, 9.17) is 4.74 Å². The van der Waals surface area contributed by atoms with Crippen LogP contribution in [0.15, 0.2) is 58.4 Å². The molecule has 1 saturated heterocycles. The number of hydrogen-bond acceptors (Lipinski definition) is 6. The Hall–Kier alpha value is -3.05. The fourth-order valence-corrected chi connectivity index (χ4v) is 6.78. The van der Waals surface area contributed by atoms with E-state index in [-0.39, 0.29) is 10.6 Å². The van der Waals surface area contributed by atoms with Crippen molar-refractivity contribution in [2.45, 2.75) is 22.4 Å². The number of imide groups is 1. The lowest BCUT2D eigenvalue weighted by Crippen LogP contribution is -2.32. The topological polar surface area (TPSA) is 79.5 Å². The lowest BCUT2D eigenvalue weighted by molar-refractivity contribution is -0.137. The lowest BCUT2D eigenvalue weighted by atomic mass is 9.83. The van der Waals surface area contributed by atoms with Crippen LogP contribution in [0.1, 0.15) is 21.9 Å². The number of methoxy groups -OCH3 is 1. The highest BCUT2D eigenvalue weighted by molar-refractivity contribution is 8.00. The number of H-pyrrole nitrogens is 1. The second-order valence-electron chi connectivity index (χ2n) is 7.58. The Balaban J connectivity index is 1.61. The minimum atomic E-state index is -4.61. The largest absolute Gasteiger partial charge is 0.497 e. The maximum Gasteiger partial charge on any atom is 0.416 e. The monoisotopic (exact) mass is 492 g/mol. The quantitative estimate of drug-likeness (QED) is 0.553. The van der Waals surface area contributed by atoms with Crippen LogP contribution in [0, 0.1) is 5.92 Å². The number of rotatable bonds is 3. The number of nitrogens with one attached hydrogen (secondary N) is 1. The zero-order valence-corrected chi connectivity index (χ0v) is 18.5. The Morgan fingerprint density at radius 3 is 2.42 bits per heavy atom. The Morgan fingerprint density at radius 2 is 1.76 bits per heavy atom. The van der Waals surface area contributed by atoms with Gasteiger partial charge in [0.05, 0.1) is 29.3 Å². The van der Waals surface area contributed by atoms with E-state index in [9.17, 15) is 27.6 Å². The van der Waals surface area contributed by atoms with Crippen molar-refractivity contribution in [3.8, 4) is 5.75 Å². The first kappa shape index (κ1) is 21.8. The Morgan fingerprint density at radius 1 is 1.03 bits per heavy atom. The molecule has 3 heterocycles. The van der Waals surface area contributed by atoms with Crippen molar-refractivity contribution in [1.82, 2.24) is 4.98 Å². The molecule has 1 aromatic heterocycles. The van der Waals surface area contributed by atoms with Crippen molar-refractivity contribution >= 4 is 40.6 Å². The molecule has 2 aromatic carbocycles. The summed E-state index contributed by atoms with van der Waals surface area (Å²) in [6.07, 6.45) is -4.61. The molecule has 11 heteroatoms. The molecule has 3 aromatic rings. The summed E-state index contributed by atoms with van der Waals surface area (Å²) < 4.78 is 44.9. The number of ether oxygens (including phenoxy) is 1. The van der Waals surface area contributed by atoms with Gasteiger partial charge in [0.2, 0.25) is 11.8 Å².